The summed E-state index contributed by atoms with van der Waals surface area (Å²) in [5.74, 6) is -1.34. The van der Waals surface area contributed by atoms with Crippen molar-refractivity contribution in [3.8, 4) is 16.3 Å². The number of aromatic hydroxyl groups is 1. The van der Waals surface area contributed by atoms with Gasteiger partial charge in [0.25, 0.3) is 5.91 Å². The van der Waals surface area contributed by atoms with Gasteiger partial charge in [-0.15, -0.1) is 11.3 Å². The number of halogens is 5. The van der Waals surface area contributed by atoms with Gasteiger partial charge in [0, 0.05) is 18.1 Å². The van der Waals surface area contributed by atoms with Crippen LogP contribution >= 0.6 is 22.9 Å². The fourth-order valence-electron chi connectivity index (χ4n) is 4.50. The first kappa shape index (κ1) is 26.0. The number of thiophene rings is 1. The van der Waals surface area contributed by atoms with Gasteiger partial charge >= 0.3 is 6.18 Å². The van der Waals surface area contributed by atoms with Gasteiger partial charge in [0.2, 0.25) is 0 Å². The molecule has 1 atom stereocenters. The second-order valence-corrected chi connectivity index (χ2v) is 10.6. The zero-order chi connectivity index (χ0) is 28.2. The van der Waals surface area contributed by atoms with E-state index >= 15 is 0 Å². The molecule has 4 heterocycles. The van der Waals surface area contributed by atoms with Crippen molar-refractivity contribution in [1.82, 2.24) is 19.6 Å². The van der Waals surface area contributed by atoms with Crippen molar-refractivity contribution in [2.75, 3.05) is 0 Å². The smallest absolute Gasteiger partial charge is 0.433 e. The molecule has 0 saturated heterocycles. The van der Waals surface area contributed by atoms with Crippen molar-refractivity contribution < 1.29 is 27.5 Å². The van der Waals surface area contributed by atoms with Gasteiger partial charge in [-0.25, -0.2) is 18.9 Å². The van der Waals surface area contributed by atoms with Crippen LogP contribution in [0.25, 0.3) is 16.2 Å². The quantitative estimate of drug-likeness (QED) is 0.231. The largest absolute Gasteiger partial charge is 0.508 e. The summed E-state index contributed by atoms with van der Waals surface area (Å²) < 4.78 is 56.6. The molecule has 6 rings (SSSR count). The zero-order valence-corrected chi connectivity index (χ0v) is 21.7. The number of para-hydroxylation sites is 1. The summed E-state index contributed by atoms with van der Waals surface area (Å²) in [6.07, 6.45) is -4.64. The van der Waals surface area contributed by atoms with Crippen molar-refractivity contribution in [2.45, 2.75) is 18.6 Å². The number of alkyl halides is 3. The van der Waals surface area contributed by atoms with Crippen LogP contribution in [0.4, 0.5) is 17.6 Å². The van der Waals surface area contributed by atoms with Gasteiger partial charge < -0.3 is 5.11 Å². The van der Waals surface area contributed by atoms with Crippen molar-refractivity contribution >= 4 is 40.2 Å². The molecule has 5 aromatic rings. The number of hydrazone groups is 1. The molecule has 0 fully saturated rings. The van der Waals surface area contributed by atoms with Crippen LogP contribution in [0, 0.1) is 5.82 Å². The van der Waals surface area contributed by atoms with Crippen LogP contribution in [0.15, 0.2) is 77.9 Å². The second-order valence-electron chi connectivity index (χ2n) is 8.91. The van der Waals surface area contributed by atoms with Crippen LogP contribution in [0.3, 0.4) is 0 Å². The molecule has 1 N–H and O–H groups in total. The summed E-state index contributed by atoms with van der Waals surface area (Å²) in [6.45, 7) is 0. The number of benzene rings is 2. The number of carbonyl (C=O) groups excluding carboxylic acids is 1. The number of hydrogen-bond donors (Lipinski definition) is 1. The molecule has 1 amide bonds. The molecule has 3 aromatic heterocycles. The summed E-state index contributed by atoms with van der Waals surface area (Å²) in [5, 5.41) is 20.0. The van der Waals surface area contributed by atoms with E-state index in [1.807, 2.05) is 0 Å². The minimum absolute atomic E-state index is 0.0282. The summed E-state index contributed by atoms with van der Waals surface area (Å²) in [6, 6.07) is 16.2. The Balaban J connectivity index is 1.46. The number of aromatic nitrogens is 3. The van der Waals surface area contributed by atoms with E-state index in [4.69, 9.17) is 11.6 Å². The molecular weight excluding hydrogens is 570 g/mol. The Kier molecular flexibility index (Phi) is 6.31. The van der Waals surface area contributed by atoms with Crippen molar-refractivity contribution in [3.63, 3.8) is 0 Å². The summed E-state index contributed by atoms with van der Waals surface area (Å²) in [4.78, 5) is 18.5. The van der Waals surface area contributed by atoms with Gasteiger partial charge in [0.1, 0.15) is 11.6 Å². The molecular formula is C27H16ClF4N5O2S. The Hall–Kier alpha value is -4.29. The van der Waals surface area contributed by atoms with Crippen molar-refractivity contribution in [3.05, 3.63) is 105 Å². The summed E-state index contributed by atoms with van der Waals surface area (Å²) in [7, 11) is 0. The lowest BCUT2D eigenvalue weighted by atomic mass is 9.97. The van der Waals surface area contributed by atoms with E-state index in [1.165, 1.54) is 30.3 Å². The lowest BCUT2D eigenvalue weighted by molar-refractivity contribution is -0.142. The van der Waals surface area contributed by atoms with Crippen LogP contribution < -0.4 is 0 Å². The molecule has 40 heavy (non-hydrogen) atoms. The second kappa shape index (κ2) is 9.72. The van der Waals surface area contributed by atoms with Gasteiger partial charge in [0.05, 0.1) is 26.7 Å². The third kappa shape index (κ3) is 4.69. The molecule has 202 valence electrons. The highest BCUT2D eigenvalue weighted by Gasteiger charge is 2.38. The lowest BCUT2D eigenvalue weighted by Crippen LogP contribution is -2.27. The van der Waals surface area contributed by atoms with E-state index in [2.05, 4.69) is 15.2 Å². The Labute approximate surface area is 232 Å². The molecule has 0 spiro atoms. The Morgan fingerprint density at radius 2 is 1.80 bits per heavy atom. The van der Waals surface area contributed by atoms with Crippen LogP contribution in [0.2, 0.25) is 4.34 Å². The van der Waals surface area contributed by atoms with Gasteiger partial charge in [-0.2, -0.15) is 23.4 Å². The average molecular weight is 586 g/mol. The highest BCUT2D eigenvalue weighted by Crippen LogP contribution is 2.39. The number of nitrogens with zero attached hydrogens (tertiary/aromatic N) is 5. The zero-order valence-electron chi connectivity index (χ0n) is 20.1. The standard InChI is InChI=1S/C27H16ClF4N5O2S/c28-24-10-9-22(40-24)18-12-23(27(30,31)32)37-25(33-18)13-19(35-37)26(39)36-20(16-3-1-2-4-21(16)38)11-17(34-36)14-5-7-15(29)8-6-14/h1-10,12-13,20,38H,11H2/t20-/m1/s1. The van der Waals surface area contributed by atoms with Gasteiger partial charge in [-0.05, 0) is 42.0 Å². The number of phenols is 1. The van der Waals surface area contributed by atoms with Crippen molar-refractivity contribution in [1.29, 1.82) is 0 Å². The van der Waals surface area contributed by atoms with Gasteiger partial charge in [-0.3, -0.25) is 4.79 Å². The van der Waals surface area contributed by atoms with E-state index in [0.717, 1.165) is 28.5 Å². The first-order chi connectivity index (χ1) is 19.1. The van der Waals surface area contributed by atoms with E-state index in [0.29, 0.717) is 30.6 Å². The maximum Gasteiger partial charge on any atom is 0.433 e. The maximum absolute atomic E-state index is 14.0. The first-order valence-corrected chi connectivity index (χ1v) is 13.0. The van der Waals surface area contributed by atoms with Gasteiger partial charge in [-0.1, -0.05) is 41.9 Å². The molecule has 7 nitrogen and oxygen atoms in total. The molecule has 0 aliphatic carbocycles. The molecule has 2 aromatic carbocycles. The monoisotopic (exact) mass is 585 g/mol. The number of rotatable bonds is 4. The minimum Gasteiger partial charge on any atom is -0.508 e. The SMILES string of the molecule is O=C(c1cc2nc(-c3ccc(Cl)s3)cc(C(F)(F)F)n2n1)N1N=C(c2ccc(F)cc2)C[C@@H]1c1ccccc1O. The average Bonchev–Trinajstić information content (AvgIpc) is 3.66. The summed E-state index contributed by atoms with van der Waals surface area (Å²) >= 11 is 7.03. The third-order valence-corrected chi connectivity index (χ3v) is 7.61. The molecule has 1 aliphatic heterocycles. The highest BCUT2D eigenvalue weighted by molar-refractivity contribution is 7.19. The number of fused-ring (bicyclic) bond motifs is 1. The van der Waals surface area contributed by atoms with E-state index in [-0.39, 0.29) is 29.2 Å². The Morgan fingerprint density at radius 3 is 2.48 bits per heavy atom. The minimum atomic E-state index is -4.80. The number of hydrogen-bond acceptors (Lipinski definition) is 6. The molecule has 1 aliphatic rings. The van der Waals surface area contributed by atoms with Crippen LogP contribution in [0.1, 0.15) is 39.8 Å². The number of phenolic OH excluding ortho intramolecular Hbond substituents is 1. The first-order valence-electron chi connectivity index (χ1n) is 11.8. The normalized spacial score (nSPS) is 15.6. The van der Waals surface area contributed by atoms with Gasteiger partial charge in [0.15, 0.2) is 17.0 Å². The molecule has 0 radical (unpaired) electrons. The fraction of sp³-hybridized carbons (Fsp3) is 0.111. The summed E-state index contributed by atoms with van der Waals surface area (Å²) in [5.41, 5.74) is -0.261. The number of carbonyl (C=O) groups is 1. The molecule has 0 saturated carbocycles. The fourth-order valence-corrected chi connectivity index (χ4v) is 5.51. The van der Waals surface area contributed by atoms with Crippen molar-refractivity contribution in [2.24, 2.45) is 5.10 Å². The van der Waals surface area contributed by atoms with Crippen LogP contribution in [-0.4, -0.2) is 36.3 Å². The van der Waals surface area contributed by atoms with E-state index in [1.54, 1.807) is 30.3 Å². The predicted molar refractivity (Wildman–Crippen MR) is 141 cm³/mol. The molecule has 0 bridgehead atoms. The lowest BCUT2D eigenvalue weighted by Gasteiger charge is -2.21. The molecule has 0 unspecified atom stereocenters. The Morgan fingerprint density at radius 1 is 1.05 bits per heavy atom. The van der Waals surface area contributed by atoms with Crippen LogP contribution in [0.5, 0.6) is 5.75 Å². The Bertz CT molecular complexity index is 1800. The predicted octanol–water partition coefficient (Wildman–Crippen LogP) is 6.97. The number of amides is 1. The highest BCUT2D eigenvalue weighted by atomic mass is 35.5. The third-order valence-electron chi connectivity index (χ3n) is 6.35. The van der Waals surface area contributed by atoms with E-state index in [9.17, 15) is 27.5 Å². The van der Waals surface area contributed by atoms with E-state index < -0.39 is 29.6 Å². The maximum atomic E-state index is 14.0. The van der Waals surface area contributed by atoms with Crippen LogP contribution in [-0.2, 0) is 6.18 Å². The molecule has 13 heteroatoms. The topological polar surface area (TPSA) is 83.1 Å².